The summed E-state index contributed by atoms with van der Waals surface area (Å²) >= 11 is 0. The second-order valence-corrected chi connectivity index (χ2v) is 5.68. The van der Waals surface area contributed by atoms with Crippen LogP contribution in [-0.2, 0) is 0 Å². The van der Waals surface area contributed by atoms with Crippen molar-refractivity contribution in [3.8, 4) is 0 Å². The number of rotatable bonds is 2. The second kappa shape index (κ2) is 16.7. The zero-order valence-corrected chi connectivity index (χ0v) is 13.3. The van der Waals surface area contributed by atoms with E-state index in [4.69, 9.17) is 0 Å². The zero-order valence-electron chi connectivity index (χ0n) is 13.3. The molecule has 1 aliphatic carbocycles. The molecule has 0 heteroatoms. The monoisotopic (exact) mass is 256 g/mol. The maximum Gasteiger partial charge on any atom is -0.0354 e. The van der Waals surface area contributed by atoms with Gasteiger partial charge in [-0.15, -0.1) is 6.58 Å². The lowest BCUT2D eigenvalue weighted by Crippen LogP contribution is -2.08. The maximum absolute atomic E-state index is 3.67. The van der Waals surface area contributed by atoms with E-state index < -0.39 is 0 Å². The summed E-state index contributed by atoms with van der Waals surface area (Å²) in [7, 11) is 0. The van der Waals surface area contributed by atoms with Gasteiger partial charge >= 0.3 is 0 Å². The third kappa shape index (κ3) is 21.1. The summed E-state index contributed by atoms with van der Waals surface area (Å²) in [6.45, 7) is 16.9. The summed E-state index contributed by atoms with van der Waals surface area (Å²) < 4.78 is 0. The largest absolute Gasteiger partial charge is 0.100 e. The van der Waals surface area contributed by atoms with E-state index in [2.05, 4.69) is 41.2 Å². The number of unbranched alkanes of at least 4 members (excludes halogenated alkanes) is 1. The van der Waals surface area contributed by atoms with E-state index in [9.17, 15) is 0 Å². The van der Waals surface area contributed by atoms with Gasteiger partial charge in [0.25, 0.3) is 0 Å². The highest BCUT2D eigenvalue weighted by molar-refractivity contribution is 4.84. The minimum absolute atomic E-state index is 0. The van der Waals surface area contributed by atoms with Crippen LogP contribution in [0.2, 0.25) is 0 Å². The van der Waals surface area contributed by atoms with E-state index in [0.29, 0.717) is 0 Å². The lowest BCUT2D eigenvalue weighted by Gasteiger charge is -2.22. The van der Waals surface area contributed by atoms with Crippen LogP contribution in [0.1, 0.15) is 93.9 Å². The topological polar surface area (TPSA) is 0 Å². The molecule has 1 aliphatic rings. The average Bonchev–Trinajstić information content (AvgIpc) is 2.34. The molecule has 0 amide bonds. The van der Waals surface area contributed by atoms with Crippen LogP contribution in [0.15, 0.2) is 12.2 Å². The van der Waals surface area contributed by atoms with Crippen LogP contribution in [0.3, 0.4) is 0 Å². The Balaban J connectivity index is -0.000000198. The Kier molecular flexibility index (Phi) is 21.3. The van der Waals surface area contributed by atoms with Crippen molar-refractivity contribution in [3.05, 3.63) is 12.2 Å². The Hall–Kier alpha value is -0.260. The van der Waals surface area contributed by atoms with Crippen LogP contribution in [0.5, 0.6) is 0 Å². The van der Waals surface area contributed by atoms with Crippen molar-refractivity contribution >= 4 is 0 Å². The van der Waals surface area contributed by atoms with Crippen molar-refractivity contribution in [1.29, 1.82) is 0 Å². The molecule has 0 bridgehead atoms. The van der Waals surface area contributed by atoms with Crippen molar-refractivity contribution in [3.63, 3.8) is 0 Å². The lowest BCUT2D eigenvalue weighted by molar-refractivity contribution is 0.308. The first-order valence-electron chi connectivity index (χ1n) is 7.62. The molecule has 0 aromatic carbocycles. The smallest absolute Gasteiger partial charge is 0.0354 e. The van der Waals surface area contributed by atoms with Crippen LogP contribution in [-0.4, -0.2) is 0 Å². The zero-order chi connectivity index (χ0) is 13.7. The van der Waals surface area contributed by atoms with Gasteiger partial charge in [-0.25, -0.2) is 0 Å². The molecule has 0 radical (unpaired) electrons. The van der Waals surface area contributed by atoms with Crippen molar-refractivity contribution in [2.75, 3.05) is 0 Å². The van der Waals surface area contributed by atoms with E-state index in [1.165, 1.54) is 44.1 Å². The van der Waals surface area contributed by atoms with Gasteiger partial charge in [-0.3, -0.25) is 0 Å². The van der Waals surface area contributed by atoms with Crippen LogP contribution < -0.4 is 0 Å². The normalized spacial score (nSPS) is 21.4. The van der Waals surface area contributed by atoms with Gasteiger partial charge in [0.05, 0.1) is 0 Å². The fraction of sp³-hybridized carbons (Fsp3) is 0.889. The van der Waals surface area contributed by atoms with Gasteiger partial charge in [-0.1, -0.05) is 86.1 Å². The highest BCUT2D eigenvalue weighted by Gasteiger charge is 2.13. The SMILES string of the molecule is C.C=C(C)CC.CC1CCC(C)CC1.CCCC. The van der Waals surface area contributed by atoms with Crippen molar-refractivity contribution < 1.29 is 0 Å². The molecule has 0 N–H and O–H groups in total. The highest BCUT2D eigenvalue weighted by Crippen LogP contribution is 2.27. The van der Waals surface area contributed by atoms with Crippen molar-refractivity contribution in [2.24, 2.45) is 11.8 Å². The predicted octanol–water partition coefficient (Wildman–Crippen LogP) is 7.25. The minimum atomic E-state index is 0. The van der Waals surface area contributed by atoms with Crippen molar-refractivity contribution in [1.82, 2.24) is 0 Å². The summed E-state index contributed by atoms with van der Waals surface area (Å²) in [4.78, 5) is 0. The Labute approximate surface area is 118 Å². The van der Waals surface area contributed by atoms with Crippen LogP contribution in [0, 0.1) is 11.8 Å². The van der Waals surface area contributed by atoms with Gasteiger partial charge in [0, 0.05) is 0 Å². The first kappa shape index (κ1) is 22.9. The van der Waals surface area contributed by atoms with Gasteiger partial charge < -0.3 is 0 Å². The Morgan fingerprint density at radius 3 is 1.22 bits per heavy atom. The molecular weight excluding hydrogens is 216 g/mol. The van der Waals surface area contributed by atoms with Crippen molar-refractivity contribution in [2.45, 2.75) is 93.9 Å². The number of hydrogen-bond donors (Lipinski definition) is 0. The standard InChI is InChI=1S/C8H16.C5H10.C4H10.CH4/c1-7-3-5-8(2)6-4-7;1-4-5(2)3;1-3-4-2;/h7-8H,3-6H2,1-2H3;2,4H2,1,3H3;3-4H2,1-2H3;1H4. The van der Waals surface area contributed by atoms with Gasteiger partial charge in [-0.05, 0) is 25.2 Å². The quantitative estimate of drug-likeness (QED) is 0.456. The molecule has 0 heterocycles. The molecule has 1 rings (SSSR count). The molecule has 0 spiro atoms. The molecule has 0 aromatic rings. The molecule has 0 saturated heterocycles. The maximum atomic E-state index is 3.67. The summed E-state index contributed by atoms with van der Waals surface area (Å²) in [5.41, 5.74) is 1.25. The molecule has 0 nitrogen and oxygen atoms in total. The third-order valence-corrected chi connectivity index (χ3v) is 3.41. The molecule has 0 unspecified atom stereocenters. The molecule has 0 aliphatic heterocycles. The van der Waals surface area contributed by atoms with E-state index in [1.54, 1.807) is 0 Å². The minimum Gasteiger partial charge on any atom is -0.100 e. The molecule has 1 saturated carbocycles. The highest BCUT2D eigenvalue weighted by atomic mass is 14.2. The first-order valence-corrected chi connectivity index (χ1v) is 7.62. The van der Waals surface area contributed by atoms with E-state index in [-0.39, 0.29) is 7.43 Å². The Morgan fingerprint density at radius 1 is 0.889 bits per heavy atom. The molecule has 0 atom stereocenters. The molecular formula is C18H40. The Morgan fingerprint density at radius 2 is 1.11 bits per heavy atom. The summed E-state index contributed by atoms with van der Waals surface area (Å²) in [6, 6.07) is 0. The van der Waals surface area contributed by atoms with Crippen LogP contribution >= 0.6 is 0 Å². The average molecular weight is 257 g/mol. The van der Waals surface area contributed by atoms with Crippen LogP contribution in [0.4, 0.5) is 0 Å². The third-order valence-electron chi connectivity index (χ3n) is 3.41. The number of hydrogen-bond acceptors (Lipinski definition) is 0. The van der Waals surface area contributed by atoms with Gasteiger partial charge in [-0.2, -0.15) is 0 Å². The lowest BCUT2D eigenvalue weighted by atomic mass is 9.84. The number of allylic oxidation sites excluding steroid dienone is 1. The summed E-state index contributed by atoms with van der Waals surface area (Å²) in [6.07, 6.45) is 9.64. The molecule has 1 fully saturated rings. The van der Waals surface area contributed by atoms with Gasteiger partial charge in [0.1, 0.15) is 0 Å². The fourth-order valence-electron chi connectivity index (χ4n) is 1.43. The van der Waals surface area contributed by atoms with Gasteiger partial charge in [0.15, 0.2) is 0 Å². The van der Waals surface area contributed by atoms with Crippen LogP contribution in [0.25, 0.3) is 0 Å². The fourth-order valence-corrected chi connectivity index (χ4v) is 1.43. The Bertz CT molecular complexity index is 137. The second-order valence-electron chi connectivity index (χ2n) is 5.68. The summed E-state index contributed by atoms with van der Waals surface area (Å²) in [5, 5.41) is 0. The van der Waals surface area contributed by atoms with E-state index in [1.807, 2.05) is 6.92 Å². The first-order chi connectivity index (χ1) is 7.97. The summed E-state index contributed by atoms with van der Waals surface area (Å²) in [5.74, 6) is 2.04. The van der Waals surface area contributed by atoms with E-state index in [0.717, 1.165) is 18.3 Å². The molecule has 18 heavy (non-hydrogen) atoms. The predicted molar refractivity (Wildman–Crippen MR) is 89.2 cm³/mol. The molecule has 0 aromatic heterocycles. The van der Waals surface area contributed by atoms with E-state index >= 15 is 0 Å². The van der Waals surface area contributed by atoms with Gasteiger partial charge in [0.2, 0.25) is 0 Å². The molecule has 112 valence electrons.